The minimum Gasteiger partial charge on any atom is -0.204 e. The number of rotatable bonds is 4. The van der Waals surface area contributed by atoms with Crippen molar-refractivity contribution < 1.29 is 13.3 Å². The standard InChI is InChI=1S/C20H28F3N/c1-13-2-3-16(10-18(13)12-24-23)14-4-6-15(7-5-14)17-8-9-19(21)20(22)11-17/h8-9,11,13-16,18,24H,2-7,10,12H2,1H3. The fraction of sp³-hybridized carbons (Fsp3) is 0.700. The van der Waals surface area contributed by atoms with Gasteiger partial charge in [-0.25, -0.2) is 8.78 Å². The van der Waals surface area contributed by atoms with Crippen LogP contribution in [0.15, 0.2) is 18.2 Å². The van der Waals surface area contributed by atoms with Crippen LogP contribution in [0.25, 0.3) is 0 Å². The highest BCUT2D eigenvalue weighted by Crippen LogP contribution is 2.45. The third-order valence-corrected chi connectivity index (χ3v) is 6.60. The van der Waals surface area contributed by atoms with Gasteiger partial charge in [-0.05, 0) is 85.8 Å². The summed E-state index contributed by atoms with van der Waals surface area (Å²) in [6, 6.07) is 4.34. The first-order chi connectivity index (χ1) is 11.6. The van der Waals surface area contributed by atoms with Crippen molar-refractivity contribution in [2.24, 2.45) is 23.7 Å². The predicted octanol–water partition coefficient (Wildman–Crippen LogP) is 5.77. The molecule has 0 aromatic heterocycles. The second-order valence-electron chi connectivity index (χ2n) is 7.93. The van der Waals surface area contributed by atoms with Crippen molar-refractivity contribution >= 4 is 0 Å². The van der Waals surface area contributed by atoms with Gasteiger partial charge in [-0.15, -0.1) is 4.48 Å². The summed E-state index contributed by atoms with van der Waals surface area (Å²) in [7, 11) is 0. The highest BCUT2D eigenvalue weighted by molar-refractivity contribution is 5.22. The van der Waals surface area contributed by atoms with Crippen molar-refractivity contribution in [3.63, 3.8) is 0 Å². The van der Waals surface area contributed by atoms with Crippen molar-refractivity contribution in [2.45, 2.75) is 57.8 Å². The Kier molecular flexibility index (Phi) is 5.85. The van der Waals surface area contributed by atoms with Gasteiger partial charge in [0.2, 0.25) is 0 Å². The molecule has 0 amide bonds. The normalized spacial score (nSPS) is 34.2. The fourth-order valence-electron chi connectivity index (χ4n) is 4.95. The van der Waals surface area contributed by atoms with Crippen LogP contribution in [0.4, 0.5) is 13.3 Å². The van der Waals surface area contributed by atoms with Crippen LogP contribution >= 0.6 is 0 Å². The van der Waals surface area contributed by atoms with E-state index >= 15 is 0 Å². The second kappa shape index (κ2) is 7.90. The molecule has 3 unspecified atom stereocenters. The Morgan fingerprint density at radius 3 is 2.33 bits per heavy atom. The maximum atomic E-state index is 13.4. The van der Waals surface area contributed by atoms with Gasteiger partial charge in [-0.1, -0.05) is 19.4 Å². The Labute approximate surface area is 143 Å². The SMILES string of the molecule is CC1CCC(C2CCC(c3ccc(F)c(F)c3)CC2)CC1CNF. The van der Waals surface area contributed by atoms with Crippen LogP contribution in [0.1, 0.15) is 63.4 Å². The average Bonchev–Trinajstić information content (AvgIpc) is 2.60. The molecule has 1 nitrogen and oxygen atoms in total. The minimum absolute atomic E-state index is 0.349. The quantitative estimate of drug-likeness (QED) is 0.687. The molecule has 2 aliphatic rings. The average molecular weight is 339 g/mol. The van der Waals surface area contributed by atoms with E-state index < -0.39 is 11.6 Å². The molecule has 2 saturated carbocycles. The van der Waals surface area contributed by atoms with Crippen LogP contribution < -0.4 is 5.54 Å². The van der Waals surface area contributed by atoms with E-state index in [9.17, 15) is 13.3 Å². The molecular formula is C20H28F3N. The summed E-state index contributed by atoms with van der Waals surface area (Å²) < 4.78 is 39.1. The molecule has 3 atom stereocenters. The monoisotopic (exact) mass is 339 g/mol. The Hall–Kier alpha value is -1.03. The molecule has 0 aliphatic heterocycles. The lowest BCUT2D eigenvalue weighted by molar-refractivity contribution is 0.105. The summed E-state index contributed by atoms with van der Waals surface area (Å²) in [5, 5.41) is 0. The molecule has 0 spiro atoms. The van der Waals surface area contributed by atoms with Gasteiger partial charge in [0.05, 0.1) is 0 Å². The summed E-state index contributed by atoms with van der Waals surface area (Å²) in [5.41, 5.74) is 2.80. The van der Waals surface area contributed by atoms with E-state index in [0.717, 1.165) is 37.7 Å². The molecule has 1 aromatic rings. The molecule has 0 bridgehead atoms. The van der Waals surface area contributed by atoms with Crippen molar-refractivity contribution in [1.82, 2.24) is 5.54 Å². The minimum atomic E-state index is -0.767. The number of nitrogens with one attached hydrogen (secondary N) is 1. The van der Waals surface area contributed by atoms with Crippen molar-refractivity contribution in [1.29, 1.82) is 0 Å². The maximum Gasteiger partial charge on any atom is 0.159 e. The molecule has 0 saturated heterocycles. The number of hydrogen-bond donors (Lipinski definition) is 1. The van der Waals surface area contributed by atoms with E-state index in [0.29, 0.717) is 36.1 Å². The van der Waals surface area contributed by atoms with Crippen molar-refractivity contribution in [3.05, 3.63) is 35.4 Å². The molecule has 1 aromatic carbocycles. The van der Waals surface area contributed by atoms with E-state index in [-0.39, 0.29) is 0 Å². The van der Waals surface area contributed by atoms with E-state index in [1.54, 1.807) is 6.07 Å². The third-order valence-electron chi connectivity index (χ3n) is 6.60. The summed E-state index contributed by atoms with van der Waals surface area (Å²) in [5.74, 6) is 1.29. The summed E-state index contributed by atoms with van der Waals surface area (Å²) >= 11 is 0. The molecule has 1 N–H and O–H groups in total. The number of halogens is 3. The summed E-state index contributed by atoms with van der Waals surface area (Å²) in [6.07, 6.45) is 7.97. The third kappa shape index (κ3) is 3.96. The predicted molar refractivity (Wildman–Crippen MR) is 90.2 cm³/mol. The highest BCUT2D eigenvalue weighted by atomic mass is 19.2. The van der Waals surface area contributed by atoms with E-state index in [4.69, 9.17) is 0 Å². The Morgan fingerprint density at radius 2 is 1.67 bits per heavy atom. The zero-order valence-electron chi connectivity index (χ0n) is 14.4. The van der Waals surface area contributed by atoms with Gasteiger partial charge >= 0.3 is 0 Å². The first-order valence-electron chi connectivity index (χ1n) is 9.37. The highest BCUT2D eigenvalue weighted by Gasteiger charge is 2.34. The number of benzene rings is 1. The molecule has 2 fully saturated rings. The van der Waals surface area contributed by atoms with Gasteiger partial charge in [0, 0.05) is 6.54 Å². The molecule has 2 aliphatic carbocycles. The molecule has 3 rings (SSSR count). The molecule has 0 heterocycles. The van der Waals surface area contributed by atoms with Crippen LogP contribution in [0.3, 0.4) is 0 Å². The largest absolute Gasteiger partial charge is 0.204 e. The lowest BCUT2D eigenvalue weighted by Gasteiger charge is -2.40. The molecule has 134 valence electrons. The van der Waals surface area contributed by atoms with Crippen LogP contribution in [0, 0.1) is 35.3 Å². The van der Waals surface area contributed by atoms with Crippen LogP contribution in [-0.4, -0.2) is 6.54 Å². The van der Waals surface area contributed by atoms with E-state index in [2.05, 4.69) is 6.92 Å². The van der Waals surface area contributed by atoms with E-state index in [1.165, 1.54) is 25.0 Å². The lowest BCUT2D eigenvalue weighted by Crippen LogP contribution is -2.33. The molecule has 4 heteroatoms. The maximum absolute atomic E-state index is 13.4. The summed E-state index contributed by atoms with van der Waals surface area (Å²) in [6.45, 7) is 2.71. The van der Waals surface area contributed by atoms with Gasteiger partial charge in [0.25, 0.3) is 0 Å². The van der Waals surface area contributed by atoms with Gasteiger partial charge in [-0.2, -0.15) is 5.54 Å². The fourth-order valence-corrected chi connectivity index (χ4v) is 4.95. The topological polar surface area (TPSA) is 12.0 Å². The first kappa shape index (κ1) is 17.8. The van der Waals surface area contributed by atoms with Crippen LogP contribution in [0.2, 0.25) is 0 Å². The molecular weight excluding hydrogens is 311 g/mol. The van der Waals surface area contributed by atoms with Crippen LogP contribution in [0.5, 0.6) is 0 Å². The molecule has 24 heavy (non-hydrogen) atoms. The lowest BCUT2D eigenvalue weighted by atomic mass is 9.65. The number of hydrogen-bond acceptors (Lipinski definition) is 1. The van der Waals surface area contributed by atoms with Crippen LogP contribution in [-0.2, 0) is 0 Å². The smallest absolute Gasteiger partial charge is 0.159 e. The Morgan fingerprint density at radius 1 is 0.958 bits per heavy atom. The van der Waals surface area contributed by atoms with Crippen molar-refractivity contribution in [2.75, 3.05) is 6.54 Å². The zero-order chi connectivity index (χ0) is 17.1. The second-order valence-corrected chi connectivity index (χ2v) is 7.93. The molecule has 0 radical (unpaired) electrons. The Bertz CT molecular complexity index is 540. The Balaban J connectivity index is 1.55. The first-order valence-corrected chi connectivity index (χ1v) is 9.37. The van der Waals surface area contributed by atoms with Gasteiger partial charge < -0.3 is 0 Å². The zero-order valence-corrected chi connectivity index (χ0v) is 14.4. The van der Waals surface area contributed by atoms with Gasteiger partial charge in [0.1, 0.15) is 0 Å². The van der Waals surface area contributed by atoms with Gasteiger partial charge in [-0.3, -0.25) is 0 Å². The van der Waals surface area contributed by atoms with Crippen molar-refractivity contribution in [3.8, 4) is 0 Å². The van der Waals surface area contributed by atoms with Gasteiger partial charge in [0.15, 0.2) is 11.6 Å². The summed E-state index contributed by atoms with van der Waals surface area (Å²) in [4.78, 5) is 0. The van der Waals surface area contributed by atoms with E-state index in [1.807, 2.05) is 5.54 Å².